The zero-order valence-electron chi connectivity index (χ0n) is 10.8. The SMILES string of the molecule is CC(=O)c1ccc(N2CCN(C3CC3)CC2)cn1. The largest absolute Gasteiger partial charge is 0.368 e. The summed E-state index contributed by atoms with van der Waals surface area (Å²) in [5.74, 6) is 0.0279. The number of nitrogens with zero attached hydrogens (tertiary/aromatic N) is 3. The van der Waals surface area contributed by atoms with E-state index in [0.29, 0.717) is 5.69 Å². The third-order valence-electron chi connectivity index (χ3n) is 3.85. The van der Waals surface area contributed by atoms with E-state index in [1.807, 2.05) is 18.3 Å². The number of ketones is 1. The standard InChI is InChI=1S/C14H19N3O/c1-11(18)14-5-4-13(10-15-14)17-8-6-16(7-9-17)12-2-3-12/h4-5,10,12H,2-3,6-9H2,1H3. The minimum absolute atomic E-state index is 0.0279. The summed E-state index contributed by atoms with van der Waals surface area (Å²) >= 11 is 0. The van der Waals surface area contributed by atoms with Crippen LogP contribution in [0.15, 0.2) is 18.3 Å². The van der Waals surface area contributed by atoms with Gasteiger partial charge in [-0.25, -0.2) is 0 Å². The maximum absolute atomic E-state index is 11.2. The summed E-state index contributed by atoms with van der Waals surface area (Å²) < 4.78 is 0. The van der Waals surface area contributed by atoms with Crippen LogP contribution >= 0.6 is 0 Å². The Morgan fingerprint density at radius 1 is 1.22 bits per heavy atom. The topological polar surface area (TPSA) is 36.4 Å². The average molecular weight is 245 g/mol. The fourth-order valence-electron chi connectivity index (χ4n) is 2.57. The van der Waals surface area contributed by atoms with Crippen LogP contribution in [0.25, 0.3) is 0 Å². The van der Waals surface area contributed by atoms with E-state index in [9.17, 15) is 4.79 Å². The van der Waals surface area contributed by atoms with Gasteiger partial charge in [-0.2, -0.15) is 0 Å². The summed E-state index contributed by atoms with van der Waals surface area (Å²) in [5, 5.41) is 0. The van der Waals surface area contributed by atoms with Crippen molar-refractivity contribution in [2.75, 3.05) is 31.1 Å². The van der Waals surface area contributed by atoms with Crippen molar-refractivity contribution in [3.05, 3.63) is 24.0 Å². The Balaban J connectivity index is 1.62. The minimum Gasteiger partial charge on any atom is -0.368 e. The van der Waals surface area contributed by atoms with E-state index in [-0.39, 0.29) is 5.78 Å². The number of aromatic nitrogens is 1. The fourth-order valence-corrected chi connectivity index (χ4v) is 2.57. The number of carbonyl (C=O) groups excluding carboxylic acids is 1. The number of rotatable bonds is 3. The highest BCUT2D eigenvalue weighted by molar-refractivity contribution is 5.92. The molecule has 4 nitrogen and oxygen atoms in total. The Morgan fingerprint density at radius 3 is 2.44 bits per heavy atom. The van der Waals surface area contributed by atoms with E-state index < -0.39 is 0 Å². The zero-order valence-corrected chi connectivity index (χ0v) is 10.8. The summed E-state index contributed by atoms with van der Waals surface area (Å²) in [6, 6.07) is 4.70. The van der Waals surface area contributed by atoms with Crippen LogP contribution in [0, 0.1) is 0 Å². The maximum Gasteiger partial charge on any atom is 0.178 e. The lowest BCUT2D eigenvalue weighted by Crippen LogP contribution is -2.47. The van der Waals surface area contributed by atoms with Crippen LogP contribution in [-0.2, 0) is 0 Å². The predicted molar refractivity (Wildman–Crippen MR) is 71.0 cm³/mol. The lowest BCUT2D eigenvalue weighted by atomic mass is 10.2. The molecule has 1 saturated heterocycles. The lowest BCUT2D eigenvalue weighted by Gasteiger charge is -2.36. The van der Waals surface area contributed by atoms with Crippen molar-refractivity contribution < 1.29 is 4.79 Å². The van der Waals surface area contributed by atoms with Gasteiger partial charge in [0.1, 0.15) is 5.69 Å². The predicted octanol–water partition coefficient (Wildman–Crippen LogP) is 1.57. The van der Waals surface area contributed by atoms with Crippen LogP contribution in [0.4, 0.5) is 5.69 Å². The van der Waals surface area contributed by atoms with E-state index >= 15 is 0 Å². The molecule has 2 aliphatic rings. The van der Waals surface area contributed by atoms with Crippen molar-refractivity contribution in [1.82, 2.24) is 9.88 Å². The Labute approximate surface area is 108 Å². The van der Waals surface area contributed by atoms with Crippen molar-refractivity contribution in [2.45, 2.75) is 25.8 Å². The Kier molecular flexibility index (Phi) is 3.04. The molecule has 0 amide bonds. The molecule has 1 aliphatic heterocycles. The van der Waals surface area contributed by atoms with Crippen molar-refractivity contribution in [3.8, 4) is 0 Å². The first-order chi connectivity index (χ1) is 8.74. The van der Waals surface area contributed by atoms with Crippen LogP contribution in [0.1, 0.15) is 30.3 Å². The molecule has 1 aromatic heterocycles. The molecule has 0 atom stereocenters. The first kappa shape index (κ1) is 11.7. The van der Waals surface area contributed by atoms with Crippen LogP contribution in [-0.4, -0.2) is 47.9 Å². The van der Waals surface area contributed by atoms with Crippen molar-refractivity contribution in [2.24, 2.45) is 0 Å². The Morgan fingerprint density at radius 2 is 1.94 bits per heavy atom. The molecule has 1 aromatic rings. The number of hydrogen-bond donors (Lipinski definition) is 0. The molecule has 3 rings (SSSR count). The highest BCUT2D eigenvalue weighted by Gasteiger charge is 2.31. The second-order valence-corrected chi connectivity index (χ2v) is 5.21. The van der Waals surface area contributed by atoms with Gasteiger partial charge in [-0.1, -0.05) is 0 Å². The third-order valence-corrected chi connectivity index (χ3v) is 3.85. The molecule has 0 aromatic carbocycles. The van der Waals surface area contributed by atoms with Crippen LogP contribution < -0.4 is 4.90 Å². The van der Waals surface area contributed by atoms with Gasteiger partial charge in [-0.3, -0.25) is 14.7 Å². The van der Waals surface area contributed by atoms with Gasteiger partial charge < -0.3 is 4.90 Å². The molecule has 1 saturated carbocycles. The molecule has 0 N–H and O–H groups in total. The molecule has 96 valence electrons. The van der Waals surface area contributed by atoms with Crippen molar-refractivity contribution >= 4 is 11.5 Å². The molecular formula is C14H19N3O. The highest BCUT2D eigenvalue weighted by atomic mass is 16.1. The van der Waals surface area contributed by atoms with Gasteiger partial charge in [-0.15, -0.1) is 0 Å². The molecule has 0 spiro atoms. The third kappa shape index (κ3) is 2.38. The van der Waals surface area contributed by atoms with E-state index in [1.165, 1.54) is 12.8 Å². The Hall–Kier alpha value is -1.42. The van der Waals surface area contributed by atoms with Crippen LogP contribution in [0.2, 0.25) is 0 Å². The smallest absolute Gasteiger partial charge is 0.178 e. The Bertz CT molecular complexity index is 431. The molecule has 0 radical (unpaired) electrons. The molecule has 0 bridgehead atoms. The van der Waals surface area contributed by atoms with E-state index in [0.717, 1.165) is 37.9 Å². The van der Waals surface area contributed by atoms with Gasteiger partial charge in [0, 0.05) is 39.1 Å². The van der Waals surface area contributed by atoms with Crippen LogP contribution in [0.3, 0.4) is 0 Å². The first-order valence-corrected chi connectivity index (χ1v) is 6.70. The molecular weight excluding hydrogens is 226 g/mol. The first-order valence-electron chi connectivity index (χ1n) is 6.70. The number of hydrogen-bond acceptors (Lipinski definition) is 4. The monoisotopic (exact) mass is 245 g/mol. The van der Waals surface area contributed by atoms with Crippen molar-refractivity contribution in [3.63, 3.8) is 0 Å². The number of Topliss-reactive ketones (excluding diaryl/α,β-unsaturated/α-hetero) is 1. The van der Waals surface area contributed by atoms with Gasteiger partial charge in [0.25, 0.3) is 0 Å². The molecule has 1 aliphatic carbocycles. The second-order valence-electron chi connectivity index (χ2n) is 5.21. The summed E-state index contributed by atoms with van der Waals surface area (Å²) in [6.45, 7) is 5.99. The average Bonchev–Trinajstić information content (AvgIpc) is 3.23. The molecule has 0 unspecified atom stereocenters. The number of pyridine rings is 1. The highest BCUT2D eigenvalue weighted by Crippen LogP contribution is 2.28. The van der Waals surface area contributed by atoms with Gasteiger partial charge in [0.2, 0.25) is 0 Å². The summed E-state index contributed by atoms with van der Waals surface area (Å²) in [4.78, 5) is 20.3. The maximum atomic E-state index is 11.2. The van der Waals surface area contributed by atoms with E-state index in [4.69, 9.17) is 0 Å². The van der Waals surface area contributed by atoms with Crippen LogP contribution in [0.5, 0.6) is 0 Å². The quantitative estimate of drug-likeness (QED) is 0.757. The molecule has 2 heterocycles. The summed E-state index contributed by atoms with van der Waals surface area (Å²) in [7, 11) is 0. The fraction of sp³-hybridized carbons (Fsp3) is 0.571. The minimum atomic E-state index is 0.0279. The second kappa shape index (κ2) is 4.69. The lowest BCUT2D eigenvalue weighted by molar-refractivity contribution is 0.101. The molecule has 4 heteroatoms. The number of anilines is 1. The van der Waals surface area contributed by atoms with Gasteiger partial charge in [-0.05, 0) is 25.0 Å². The summed E-state index contributed by atoms with van der Waals surface area (Å²) in [5.41, 5.74) is 1.69. The van der Waals surface area contributed by atoms with Crippen molar-refractivity contribution in [1.29, 1.82) is 0 Å². The molecule has 18 heavy (non-hydrogen) atoms. The number of carbonyl (C=O) groups is 1. The van der Waals surface area contributed by atoms with Gasteiger partial charge in [0.05, 0.1) is 11.9 Å². The number of piperazine rings is 1. The summed E-state index contributed by atoms with van der Waals surface area (Å²) in [6.07, 6.45) is 4.59. The van der Waals surface area contributed by atoms with E-state index in [2.05, 4.69) is 14.8 Å². The molecule has 2 fully saturated rings. The van der Waals surface area contributed by atoms with Gasteiger partial charge in [0.15, 0.2) is 5.78 Å². The zero-order chi connectivity index (χ0) is 12.5. The van der Waals surface area contributed by atoms with Gasteiger partial charge >= 0.3 is 0 Å². The normalized spacial score (nSPS) is 21.1. The van der Waals surface area contributed by atoms with E-state index in [1.54, 1.807) is 6.92 Å².